The van der Waals surface area contributed by atoms with Crippen LogP contribution in [-0.2, 0) is 12.8 Å². The average molecular weight is 288 g/mol. The summed E-state index contributed by atoms with van der Waals surface area (Å²) in [7, 11) is 0. The molecule has 0 nitrogen and oxygen atoms in total. The lowest BCUT2D eigenvalue weighted by Gasteiger charge is -2.16. The van der Waals surface area contributed by atoms with Gasteiger partial charge in [0.05, 0.1) is 0 Å². The molecule has 0 atom stereocenters. The topological polar surface area (TPSA) is 0 Å². The maximum atomic E-state index is 2.44. The molecule has 0 aliphatic heterocycles. The second kappa shape index (κ2) is 6.79. The van der Waals surface area contributed by atoms with Crippen molar-refractivity contribution in [1.29, 1.82) is 0 Å². The molecule has 112 valence electrons. The highest BCUT2D eigenvalue weighted by Crippen LogP contribution is 2.34. The van der Waals surface area contributed by atoms with Crippen molar-refractivity contribution in [2.24, 2.45) is 0 Å². The molecule has 0 spiro atoms. The van der Waals surface area contributed by atoms with E-state index in [4.69, 9.17) is 0 Å². The molecule has 0 saturated heterocycles. The first-order chi connectivity index (χ1) is 10.8. The zero-order valence-electron chi connectivity index (χ0n) is 13.6. The Balaban J connectivity index is 2.31. The van der Waals surface area contributed by atoms with E-state index >= 15 is 0 Å². The molecule has 0 radical (unpaired) electrons. The molecular formula is C22H24. The predicted octanol–water partition coefficient (Wildman–Crippen LogP) is 6.41. The molecule has 3 aromatic carbocycles. The molecule has 0 aromatic heterocycles. The van der Waals surface area contributed by atoms with Gasteiger partial charge in [0.15, 0.2) is 0 Å². The molecule has 22 heavy (non-hydrogen) atoms. The van der Waals surface area contributed by atoms with Gasteiger partial charge in [0.25, 0.3) is 0 Å². The van der Waals surface area contributed by atoms with Gasteiger partial charge in [0, 0.05) is 0 Å². The van der Waals surface area contributed by atoms with Crippen molar-refractivity contribution in [2.75, 3.05) is 0 Å². The third-order valence-corrected chi connectivity index (χ3v) is 4.35. The van der Waals surface area contributed by atoms with E-state index in [1.807, 2.05) is 0 Å². The highest BCUT2D eigenvalue weighted by atomic mass is 14.2. The van der Waals surface area contributed by atoms with Crippen LogP contribution >= 0.6 is 0 Å². The zero-order valence-corrected chi connectivity index (χ0v) is 13.6. The van der Waals surface area contributed by atoms with Crippen LogP contribution in [0.4, 0.5) is 0 Å². The van der Waals surface area contributed by atoms with Crippen molar-refractivity contribution in [1.82, 2.24) is 0 Å². The molecule has 0 aliphatic rings. The standard InChI is InChI=1S/C22H24/c1-3-10-18-16-22(17-12-6-5-7-13-17)21-15-9-8-14-20(21)19(18)11-4-2/h5-9,12-16H,3-4,10-11H2,1-2H3. The van der Waals surface area contributed by atoms with Crippen molar-refractivity contribution in [2.45, 2.75) is 39.5 Å². The van der Waals surface area contributed by atoms with Crippen molar-refractivity contribution in [3.63, 3.8) is 0 Å². The molecule has 3 aromatic rings. The molecule has 0 N–H and O–H groups in total. The van der Waals surface area contributed by atoms with E-state index in [-0.39, 0.29) is 0 Å². The van der Waals surface area contributed by atoms with Gasteiger partial charge in [0.2, 0.25) is 0 Å². The van der Waals surface area contributed by atoms with Gasteiger partial charge in [-0.1, -0.05) is 87.4 Å². The number of rotatable bonds is 5. The van der Waals surface area contributed by atoms with Crippen LogP contribution in [0.15, 0.2) is 60.7 Å². The van der Waals surface area contributed by atoms with E-state index in [0.29, 0.717) is 0 Å². The lowest BCUT2D eigenvalue weighted by atomic mass is 9.88. The third kappa shape index (κ3) is 2.78. The minimum Gasteiger partial charge on any atom is -0.0651 e. The van der Waals surface area contributed by atoms with Gasteiger partial charge in [-0.25, -0.2) is 0 Å². The molecule has 0 bridgehead atoms. The summed E-state index contributed by atoms with van der Waals surface area (Å²) in [6.45, 7) is 4.54. The average Bonchev–Trinajstić information content (AvgIpc) is 2.58. The Morgan fingerprint density at radius 2 is 1.32 bits per heavy atom. The van der Waals surface area contributed by atoms with E-state index < -0.39 is 0 Å². The first kappa shape index (κ1) is 14.8. The highest BCUT2D eigenvalue weighted by molar-refractivity contribution is 5.99. The maximum absolute atomic E-state index is 2.44. The van der Waals surface area contributed by atoms with Gasteiger partial charge in [-0.05, 0) is 45.9 Å². The fraction of sp³-hybridized carbons (Fsp3) is 0.273. The van der Waals surface area contributed by atoms with Crippen LogP contribution in [0.5, 0.6) is 0 Å². The van der Waals surface area contributed by atoms with Gasteiger partial charge in [0.1, 0.15) is 0 Å². The Hall–Kier alpha value is -2.08. The van der Waals surface area contributed by atoms with Crippen LogP contribution in [0.1, 0.15) is 37.8 Å². The van der Waals surface area contributed by atoms with E-state index in [1.165, 1.54) is 53.1 Å². The fourth-order valence-corrected chi connectivity index (χ4v) is 3.39. The lowest BCUT2D eigenvalue weighted by Crippen LogP contribution is -1.97. The SMILES string of the molecule is CCCc1cc(-c2ccccc2)c2ccccc2c1CCC. The van der Waals surface area contributed by atoms with Gasteiger partial charge < -0.3 is 0 Å². The van der Waals surface area contributed by atoms with Gasteiger partial charge >= 0.3 is 0 Å². The quantitative estimate of drug-likeness (QED) is 0.508. The molecule has 0 heterocycles. The summed E-state index contributed by atoms with van der Waals surface area (Å²) >= 11 is 0. The van der Waals surface area contributed by atoms with Crippen LogP contribution in [0.2, 0.25) is 0 Å². The Labute approximate surface area is 133 Å². The van der Waals surface area contributed by atoms with Crippen molar-refractivity contribution in [3.05, 3.63) is 71.8 Å². The third-order valence-electron chi connectivity index (χ3n) is 4.35. The van der Waals surface area contributed by atoms with E-state index in [9.17, 15) is 0 Å². The summed E-state index contributed by atoms with van der Waals surface area (Å²) in [5.41, 5.74) is 5.78. The monoisotopic (exact) mass is 288 g/mol. The van der Waals surface area contributed by atoms with Crippen molar-refractivity contribution < 1.29 is 0 Å². The minimum absolute atomic E-state index is 1.17. The Kier molecular flexibility index (Phi) is 4.58. The summed E-state index contributed by atoms with van der Waals surface area (Å²) in [5, 5.41) is 2.83. The fourth-order valence-electron chi connectivity index (χ4n) is 3.39. The van der Waals surface area contributed by atoms with Crippen LogP contribution < -0.4 is 0 Å². The second-order valence-electron chi connectivity index (χ2n) is 5.97. The molecular weight excluding hydrogens is 264 g/mol. The molecule has 0 amide bonds. The minimum atomic E-state index is 1.17. The van der Waals surface area contributed by atoms with E-state index in [0.717, 1.165) is 0 Å². The van der Waals surface area contributed by atoms with Gasteiger partial charge in [-0.3, -0.25) is 0 Å². The van der Waals surface area contributed by atoms with Crippen molar-refractivity contribution >= 4 is 10.8 Å². The normalized spacial score (nSPS) is 11.0. The molecule has 0 heteroatoms. The molecule has 0 unspecified atom stereocenters. The van der Waals surface area contributed by atoms with Crippen LogP contribution in [-0.4, -0.2) is 0 Å². The van der Waals surface area contributed by atoms with Crippen LogP contribution in [0.25, 0.3) is 21.9 Å². The molecule has 3 rings (SSSR count). The summed E-state index contributed by atoms with van der Waals surface area (Å²) in [6, 6.07) is 22.1. The van der Waals surface area contributed by atoms with E-state index in [1.54, 1.807) is 5.56 Å². The number of benzene rings is 3. The van der Waals surface area contributed by atoms with Crippen molar-refractivity contribution in [3.8, 4) is 11.1 Å². The summed E-state index contributed by atoms with van der Waals surface area (Å²) < 4.78 is 0. The maximum Gasteiger partial charge on any atom is -0.0102 e. The number of fused-ring (bicyclic) bond motifs is 1. The lowest BCUT2D eigenvalue weighted by molar-refractivity contribution is 0.868. The summed E-state index contributed by atoms with van der Waals surface area (Å²) in [5.74, 6) is 0. The predicted molar refractivity (Wildman–Crippen MR) is 97.4 cm³/mol. The van der Waals surface area contributed by atoms with E-state index in [2.05, 4.69) is 74.5 Å². The van der Waals surface area contributed by atoms with Crippen LogP contribution in [0.3, 0.4) is 0 Å². The summed E-state index contributed by atoms with van der Waals surface area (Å²) in [4.78, 5) is 0. The Morgan fingerprint density at radius 3 is 2.00 bits per heavy atom. The second-order valence-corrected chi connectivity index (χ2v) is 5.97. The molecule has 0 saturated carbocycles. The first-order valence-electron chi connectivity index (χ1n) is 8.44. The zero-order chi connectivity index (χ0) is 15.4. The van der Waals surface area contributed by atoms with Crippen LogP contribution in [0, 0.1) is 0 Å². The smallest absolute Gasteiger partial charge is 0.0102 e. The highest BCUT2D eigenvalue weighted by Gasteiger charge is 2.12. The summed E-state index contributed by atoms with van der Waals surface area (Å²) in [6.07, 6.45) is 4.74. The number of hydrogen-bond acceptors (Lipinski definition) is 0. The van der Waals surface area contributed by atoms with Gasteiger partial charge in [-0.2, -0.15) is 0 Å². The molecule has 0 aliphatic carbocycles. The first-order valence-corrected chi connectivity index (χ1v) is 8.44. The van der Waals surface area contributed by atoms with Gasteiger partial charge in [-0.15, -0.1) is 0 Å². The number of aryl methyl sites for hydroxylation is 2. The Bertz CT molecular complexity index is 754. The molecule has 0 fully saturated rings. The largest absolute Gasteiger partial charge is 0.0651 e. The Morgan fingerprint density at radius 1 is 0.682 bits per heavy atom. The number of hydrogen-bond donors (Lipinski definition) is 0.